The summed E-state index contributed by atoms with van der Waals surface area (Å²) in [6.07, 6.45) is 13.2. The number of hydrogen-bond donors (Lipinski definition) is 9. The van der Waals surface area contributed by atoms with Gasteiger partial charge in [-0.25, -0.2) is 0 Å². The van der Waals surface area contributed by atoms with Gasteiger partial charge >= 0.3 is 0 Å². The average molecular weight is 770 g/mol. The summed E-state index contributed by atoms with van der Waals surface area (Å²) in [5.74, 6) is -0.289. The SMILES string of the molecule is CC/C=C\C/C=C\C/C=C\CCCCCC(=O)NC(COC1OC(CO)C(OC2OC(CO)C(O)C(O)C2O)C(O)C1O)C(O)/C=C/CC/C=C/CCC. The van der Waals surface area contributed by atoms with Gasteiger partial charge in [-0.2, -0.15) is 0 Å². The highest BCUT2D eigenvalue weighted by atomic mass is 16.7. The molecule has 12 atom stereocenters. The van der Waals surface area contributed by atoms with E-state index in [0.29, 0.717) is 12.8 Å². The maximum absolute atomic E-state index is 13.0. The number of carbonyl (C=O) groups is 1. The molecular weight excluding hydrogens is 702 g/mol. The van der Waals surface area contributed by atoms with Gasteiger partial charge in [-0.15, -0.1) is 0 Å². The fourth-order valence-electron chi connectivity index (χ4n) is 5.91. The summed E-state index contributed by atoms with van der Waals surface area (Å²) in [7, 11) is 0. The highest BCUT2D eigenvalue weighted by Gasteiger charge is 2.50. The third-order valence-corrected chi connectivity index (χ3v) is 9.17. The Balaban J connectivity index is 1.96. The molecular formula is C40H67NO13. The zero-order chi connectivity index (χ0) is 39.7. The summed E-state index contributed by atoms with van der Waals surface area (Å²) in [4.78, 5) is 13.0. The number of hydrogen-bond acceptors (Lipinski definition) is 13. The van der Waals surface area contributed by atoms with Gasteiger partial charge in [-0.1, -0.05) is 87.4 Å². The summed E-state index contributed by atoms with van der Waals surface area (Å²) in [5, 5.41) is 85.8. The molecule has 0 aromatic rings. The molecule has 310 valence electrons. The fraction of sp³-hybridized carbons (Fsp3) is 0.725. The molecule has 2 aliphatic rings. The molecule has 0 spiro atoms. The number of amides is 1. The monoisotopic (exact) mass is 769 g/mol. The lowest BCUT2D eigenvalue weighted by Crippen LogP contribution is -2.65. The van der Waals surface area contributed by atoms with E-state index in [1.165, 1.54) is 0 Å². The van der Waals surface area contributed by atoms with Crippen LogP contribution in [0.15, 0.2) is 60.8 Å². The van der Waals surface area contributed by atoms with Crippen LogP contribution >= 0.6 is 0 Å². The Morgan fingerprint density at radius 3 is 1.98 bits per heavy atom. The van der Waals surface area contributed by atoms with Crippen molar-refractivity contribution >= 4 is 5.91 Å². The summed E-state index contributed by atoms with van der Waals surface area (Å²) in [5.41, 5.74) is 0. The van der Waals surface area contributed by atoms with Crippen LogP contribution in [0.3, 0.4) is 0 Å². The molecule has 0 bridgehead atoms. The van der Waals surface area contributed by atoms with Gasteiger partial charge in [-0.05, 0) is 57.8 Å². The Kier molecular flexibility index (Phi) is 24.9. The van der Waals surface area contributed by atoms with Crippen LogP contribution in [0, 0.1) is 0 Å². The van der Waals surface area contributed by atoms with Crippen molar-refractivity contribution in [2.45, 2.75) is 164 Å². The Morgan fingerprint density at radius 2 is 1.30 bits per heavy atom. The minimum Gasteiger partial charge on any atom is -0.394 e. The standard InChI is InChI=1S/C40H67NO13/c1-3-5-7-9-11-12-13-14-15-16-18-20-22-24-32(45)41-28(29(44)23-21-19-17-10-8-6-4-2)27-51-39-37(50)35(48)38(31(26-43)53-39)54-40-36(49)34(47)33(46)30(25-42)52-40/h5,7-8,10-12,14-15,21,23,28-31,33-40,42-44,46-50H,3-4,6,9,13,16-20,22,24-27H2,1-2H3,(H,41,45)/b7-5-,10-8+,12-11-,15-14-,23-21+. The minimum atomic E-state index is -1.79. The van der Waals surface area contributed by atoms with E-state index in [2.05, 4.69) is 67.8 Å². The molecule has 2 rings (SSSR count). The van der Waals surface area contributed by atoms with E-state index in [0.717, 1.165) is 57.8 Å². The van der Waals surface area contributed by atoms with Crippen LogP contribution in [-0.2, 0) is 23.7 Å². The van der Waals surface area contributed by atoms with Crippen LogP contribution in [0.5, 0.6) is 0 Å². The van der Waals surface area contributed by atoms with Gasteiger partial charge in [0.1, 0.15) is 48.8 Å². The van der Waals surface area contributed by atoms with E-state index >= 15 is 0 Å². The second kappa shape index (κ2) is 28.1. The smallest absolute Gasteiger partial charge is 0.220 e. The molecule has 2 saturated heterocycles. The highest BCUT2D eigenvalue weighted by molar-refractivity contribution is 5.76. The van der Waals surface area contributed by atoms with Crippen LogP contribution in [0.2, 0.25) is 0 Å². The van der Waals surface area contributed by atoms with Gasteiger partial charge in [0.25, 0.3) is 0 Å². The summed E-state index contributed by atoms with van der Waals surface area (Å²) < 4.78 is 22.4. The first-order valence-electron chi connectivity index (χ1n) is 19.5. The van der Waals surface area contributed by atoms with Crippen LogP contribution in [-0.4, -0.2) is 140 Å². The molecule has 2 fully saturated rings. The lowest BCUT2D eigenvalue weighted by molar-refractivity contribution is -0.359. The van der Waals surface area contributed by atoms with Crippen LogP contribution in [0.25, 0.3) is 0 Å². The Bertz CT molecular complexity index is 1140. The van der Waals surface area contributed by atoms with Crippen molar-refractivity contribution < 1.29 is 64.6 Å². The number of rotatable bonds is 26. The second-order valence-corrected chi connectivity index (χ2v) is 13.7. The maximum atomic E-state index is 13.0. The van der Waals surface area contributed by atoms with Gasteiger partial charge in [0, 0.05) is 6.42 Å². The van der Waals surface area contributed by atoms with Crippen molar-refractivity contribution in [3.05, 3.63) is 60.8 Å². The number of unbranched alkanes of at least 4 members (excludes halogenated alkanes) is 5. The van der Waals surface area contributed by atoms with Gasteiger partial charge in [0.2, 0.25) is 5.91 Å². The van der Waals surface area contributed by atoms with E-state index < -0.39 is 86.8 Å². The van der Waals surface area contributed by atoms with Crippen molar-refractivity contribution in [3.63, 3.8) is 0 Å². The molecule has 14 heteroatoms. The number of aliphatic hydroxyl groups is 8. The van der Waals surface area contributed by atoms with Gasteiger partial charge in [-0.3, -0.25) is 4.79 Å². The van der Waals surface area contributed by atoms with Gasteiger partial charge in [0.15, 0.2) is 12.6 Å². The normalized spacial score (nSPS) is 30.7. The van der Waals surface area contributed by atoms with E-state index in [-0.39, 0.29) is 18.9 Å². The minimum absolute atomic E-state index is 0.234. The van der Waals surface area contributed by atoms with Crippen molar-refractivity contribution in [1.82, 2.24) is 5.32 Å². The molecule has 0 aromatic heterocycles. The summed E-state index contributed by atoms with van der Waals surface area (Å²) >= 11 is 0. The molecule has 0 aromatic carbocycles. The quantitative estimate of drug-likeness (QED) is 0.0454. The van der Waals surface area contributed by atoms with Crippen molar-refractivity contribution in [1.29, 1.82) is 0 Å². The second-order valence-electron chi connectivity index (χ2n) is 13.7. The molecule has 0 aliphatic carbocycles. The molecule has 54 heavy (non-hydrogen) atoms. The largest absolute Gasteiger partial charge is 0.394 e. The van der Waals surface area contributed by atoms with Gasteiger partial charge in [0.05, 0.1) is 32.0 Å². The predicted octanol–water partition coefficient (Wildman–Crippen LogP) is 1.97. The lowest BCUT2D eigenvalue weighted by Gasteiger charge is -2.46. The maximum Gasteiger partial charge on any atom is 0.220 e. The van der Waals surface area contributed by atoms with Crippen molar-refractivity contribution in [3.8, 4) is 0 Å². The number of aliphatic hydroxyl groups excluding tert-OH is 8. The van der Waals surface area contributed by atoms with E-state index in [1.54, 1.807) is 6.08 Å². The zero-order valence-electron chi connectivity index (χ0n) is 31.9. The highest BCUT2D eigenvalue weighted by Crippen LogP contribution is 2.29. The van der Waals surface area contributed by atoms with E-state index in [4.69, 9.17) is 18.9 Å². The summed E-state index contributed by atoms with van der Waals surface area (Å²) in [6.45, 7) is 2.45. The molecule has 14 nitrogen and oxygen atoms in total. The van der Waals surface area contributed by atoms with Crippen molar-refractivity contribution in [2.24, 2.45) is 0 Å². The molecule has 2 heterocycles. The lowest BCUT2D eigenvalue weighted by atomic mass is 9.97. The molecule has 9 N–H and O–H groups in total. The van der Waals surface area contributed by atoms with Crippen LogP contribution in [0.4, 0.5) is 0 Å². The van der Waals surface area contributed by atoms with E-state index in [1.807, 2.05) is 6.08 Å². The fourth-order valence-corrected chi connectivity index (χ4v) is 5.91. The number of nitrogens with one attached hydrogen (secondary N) is 1. The number of carbonyl (C=O) groups excluding carboxylic acids is 1. The summed E-state index contributed by atoms with van der Waals surface area (Å²) in [6, 6.07) is -0.943. The molecule has 1 amide bonds. The molecule has 12 unspecified atom stereocenters. The topological polar surface area (TPSA) is 228 Å². The molecule has 2 aliphatic heterocycles. The van der Waals surface area contributed by atoms with E-state index in [9.17, 15) is 45.6 Å². The molecule has 0 radical (unpaired) electrons. The third kappa shape index (κ3) is 17.2. The number of ether oxygens (including phenoxy) is 4. The Labute approximate surface area is 320 Å². The first-order chi connectivity index (χ1) is 26.1. The zero-order valence-corrected chi connectivity index (χ0v) is 31.9. The molecule has 0 saturated carbocycles. The van der Waals surface area contributed by atoms with Gasteiger partial charge < -0.3 is 65.1 Å². The van der Waals surface area contributed by atoms with Crippen LogP contribution < -0.4 is 5.32 Å². The Morgan fingerprint density at radius 1 is 0.685 bits per heavy atom. The predicted molar refractivity (Wildman–Crippen MR) is 203 cm³/mol. The first-order valence-corrected chi connectivity index (χ1v) is 19.5. The van der Waals surface area contributed by atoms with Crippen molar-refractivity contribution in [2.75, 3.05) is 19.8 Å². The third-order valence-electron chi connectivity index (χ3n) is 9.17. The Hall–Kier alpha value is -2.31. The average Bonchev–Trinajstić information content (AvgIpc) is 3.17. The first kappa shape index (κ1) is 47.8. The van der Waals surface area contributed by atoms with Crippen LogP contribution in [0.1, 0.15) is 90.9 Å². The number of allylic oxidation sites excluding steroid dienone is 9.